The Morgan fingerprint density at radius 2 is 1.20 bits per heavy atom. The van der Waals surface area contributed by atoms with Gasteiger partial charge >= 0.3 is 11.9 Å². The van der Waals surface area contributed by atoms with Crippen LogP contribution in [0.25, 0.3) is 0 Å². The molecule has 0 aliphatic carbocycles. The first kappa shape index (κ1) is 36.9. The van der Waals surface area contributed by atoms with E-state index >= 15 is 0 Å². The average Bonchev–Trinajstić information content (AvgIpc) is 2.96. The highest BCUT2D eigenvalue weighted by molar-refractivity contribution is 5.73. The average molecular weight is 566 g/mol. The molecule has 0 amide bonds. The van der Waals surface area contributed by atoms with Crippen LogP contribution in [0.4, 0.5) is 0 Å². The zero-order valence-electron chi connectivity index (χ0n) is 27.2. The number of carbonyl (C=O) groups excluding carboxylic acids is 2. The largest absolute Gasteiger partial charge is 0.462 e. The minimum absolute atomic E-state index is 0.0185. The van der Waals surface area contributed by atoms with Gasteiger partial charge in [-0.25, -0.2) is 0 Å². The topological polar surface area (TPSA) is 55.8 Å². The predicted octanol–water partition coefficient (Wildman–Crippen LogP) is 9.65. The Morgan fingerprint density at radius 3 is 1.75 bits per heavy atom. The van der Waals surface area contributed by atoms with Gasteiger partial charge < -0.3 is 14.4 Å². The number of esters is 2. The van der Waals surface area contributed by atoms with Crippen molar-refractivity contribution in [1.82, 2.24) is 4.90 Å². The van der Waals surface area contributed by atoms with E-state index in [0.29, 0.717) is 6.42 Å². The van der Waals surface area contributed by atoms with E-state index < -0.39 is 0 Å². The molecule has 1 heterocycles. The number of piperidine rings is 1. The van der Waals surface area contributed by atoms with E-state index in [2.05, 4.69) is 32.7 Å². The third-order valence-corrected chi connectivity index (χ3v) is 9.04. The van der Waals surface area contributed by atoms with Gasteiger partial charge in [0.1, 0.15) is 12.7 Å². The highest BCUT2D eigenvalue weighted by Crippen LogP contribution is 2.21. The zero-order chi connectivity index (χ0) is 29.3. The van der Waals surface area contributed by atoms with E-state index in [4.69, 9.17) is 9.47 Å². The molecule has 1 atom stereocenters. The van der Waals surface area contributed by atoms with Gasteiger partial charge in [-0.05, 0) is 58.2 Å². The van der Waals surface area contributed by atoms with Crippen LogP contribution in [-0.4, -0.2) is 49.7 Å². The fourth-order valence-corrected chi connectivity index (χ4v) is 5.90. The number of likely N-dealkylation sites (tertiary alicyclic amines) is 1. The molecular weight excluding hydrogens is 498 g/mol. The lowest BCUT2D eigenvalue weighted by Crippen LogP contribution is -2.36. The van der Waals surface area contributed by atoms with Crippen molar-refractivity contribution in [3.05, 3.63) is 0 Å². The molecule has 40 heavy (non-hydrogen) atoms. The maximum atomic E-state index is 12.8. The van der Waals surface area contributed by atoms with Gasteiger partial charge in [-0.2, -0.15) is 0 Å². The van der Waals surface area contributed by atoms with Crippen LogP contribution in [0.3, 0.4) is 0 Å². The van der Waals surface area contributed by atoms with Crippen LogP contribution < -0.4 is 0 Å². The molecular formula is C35H67NO4. The molecule has 5 nitrogen and oxygen atoms in total. The normalized spacial score (nSPS) is 15.4. The van der Waals surface area contributed by atoms with E-state index in [1.165, 1.54) is 96.3 Å². The van der Waals surface area contributed by atoms with Crippen molar-refractivity contribution in [1.29, 1.82) is 0 Å². The Morgan fingerprint density at radius 1 is 0.700 bits per heavy atom. The van der Waals surface area contributed by atoms with Crippen molar-refractivity contribution in [3.63, 3.8) is 0 Å². The summed E-state index contributed by atoms with van der Waals surface area (Å²) < 4.78 is 11.6. The molecule has 0 aromatic carbocycles. The maximum absolute atomic E-state index is 12.8. The lowest BCUT2D eigenvalue weighted by Gasteiger charge is -2.29. The molecule has 0 spiro atoms. The monoisotopic (exact) mass is 566 g/mol. The first-order valence-corrected chi connectivity index (χ1v) is 17.5. The van der Waals surface area contributed by atoms with Crippen LogP contribution in [0.2, 0.25) is 0 Å². The molecule has 0 radical (unpaired) electrons. The highest BCUT2D eigenvalue weighted by atomic mass is 16.6. The molecule has 1 rings (SSSR count). The van der Waals surface area contributed by atoms with E-state index in [1.54, 1.807) is 0 Å². The Balaban J connectivity index is 2.22. The van der Waals surface area contributed by atoms with Crippen LogP contribution in [0.1, 0.15) is 168 Å². The Bertz CT molecular complexity index is 598. The van der Waals surface area contributed by atoms with Crippen LogP contribution >= 0.6 is 0 Å². The number of nitrogens with zero attached hydrogens (tertiary/aromatic N) is 1. The Labute approximate surface area is 248 Å². The molecule has 1 saturated heterocycles. The second-order valence-electron chi connectivity index (χ2n) is 12.6. The van der Waals surface area contributed by atoms with E-state index in [0.717, 1.165) is 64.0 Å². The van der Waals surface area contributed by atoms with E-state index in [-0.39, 0.29) is 30.6 Å². The smallest absolute Gasteiger partial charge is 0.309 e. The predicted molar refractivity (Wildman–Crippen MR) is 169 cm³/mol. The lowest BCUT2D eigenvalue weighted by atomic mass is 9.95. The van der Waals surface area contributed by atoms with E-state index in [9.17, 15) is 9.59 Å². The molecule has 236 valence electrons. The second-order valence-corrected chi connectivity index (χ2v) is 12.6. The van der Waals surface area contributed by atoms with Crippen molar-refractivity contribution in [3.8, 4) is 0 Å². The summed E-state index contributed by atoms with van der Waals surface area (Å²) in [5.74, 6) is 0.569. The van der Waals surface area contributed by atoms with Gasteiger partial charge in [-0.1, -0.05) is 130 Å². The summed E-state index contributed by atoms with van der Waals surface area (Å²) in [5.41, 5.74) is 0. The minimum atomic E-state index is -0.309. The van der Waals surface area contributed by atoms with Crippen molar-refractivity contribution in [2.45, 2.75) is 175 Å². The Kier molecular flexibility index (Phi) is 23.6. The van der Waals surface area contributed by atoms with Crippen molar-refractivity contribution in [2.75, 3.05) is 26.7 Å². The number of rotatable bonds is 26. The number of ether oxygens (including phenoxy) is 2. The number of hydrogen-bond donors (Lipinski definition) is 0. The highest BCUT2D eigenvalue weighted by Gasteiger charge is 2.27. The van der Waals surface area contributed by atoms with Crippen LogP contribution in [-0.2, 0) is 19.1 Å². The fourth-order valence-electron chi connectivity index (χ4n) is 5.90. The molecule has 1 aliphatic rings. The molecule has 0 aromatic rings. The van der Waals surface area contributed by atoms with Crippen LogP contribution in [0.5, 0.6) is 0 Å². The standard InChI is InChI=1S/C35H67NO4/c1-5-8-9-10-11-12-13-14-15-16-17-18-22-25-34(37)39-30-33(24-21-19-20-23-31(6-2)7-3)40-35(38)32-26-28-36(4)29-27-32/h31-33H,5-30H2,1-4H3. The lowest BCUT2D eigenvalue weighted by molar-refractivity contribution is -0.164. The molecule has 0 N–H and O–H groups in total. The Hall–Kier alpha value is -1.10. The summed E-state index contributed by atoms with van der Waals surface area (Å²) in [5, 5.41) is 0. The molecule has 0 bridgehead atoms. The summed E-state index contributed by atoms with van der Waals surface area (Å²) >= 11 is 0. The zero-order valence-corrected chi connectivity index (χ0v) is 27.2. The summed E-state index contributed by atoms with van der Waals surface area (Å²) in [6, 6.07) is 0. The quantitative estimate of drug-likeness (QED) is 0.0772. The molecule has 0 saturated carbocycles. The first-order chi connectivity index (χ1) is 19.5. The summed E-state index contributed by atoms with van der Waals surface area (Å²) in [4.78, 5) is 27.5. The van der Waals surface area contributed by atoms with Gasteiger partial charge in [0.25, 0.3) is 0 Å². The molecule has 0 aromatic heterocycles. The van der Waals surface area contributed by atoms with Crippen molar-refractivity contribution >= 4 is 11.9 Å². The van der Waals surface area contributed by atoms with Gasteiger partial charge in [0, 0.05) is 6.42 Å². The molecule has 1 aliphatic heterocycles. The van der Waals surface area contributed by atoms with Crippen molar-refractivity contribution in [2.24, 2.45) is 11.8 Å². The second kappa shape index (κ2) is 25.6. The SMILES string of the molecule is CCCCCCCCCCCCCCCC(=O)OCC(CCCCCC(CC)CC)OC(=O)C1CCN(C)CC1. The van der Waals surface area contributed by atoms with Crippen LogP contribution in [0, 0.1) is 11.8 Å². The van der Waals surface area contributed by atoms with Gasteiger partial charge in [0.2, 0.25) is 0 Å². The van der Waals surface area contributed by atoms with Gasteiger partial charge in [-0.15, -0.1) is 0 Å². The summed E-state index contributed by atoms with van der Waals surface area (Å²) in [7, 11) is 2.10. The maximum Gasteiger partial charge on any atom is 0.309 e. The molecule has 1 unspecified atom stereocenters. The third kappa shape index (κ3) is 19.9. The van der Waals surface area contributed by atoms with Gasteiger partial charge in [0.15, 0.2) is 0 Å². The van der Waals surface area contributed by atoms with Gasteiger partial charge in [-0.3, -0.25) is 9.59 Å². The van der Waals surface area contributed by atoms with Gasteiger partial charge in [0.05, 0.1) is 5.92 Å². The van der Waals surface area contributed by atoms with Crippen molar-refractivity contribution < 1.29 is 19.1 Å². The number of unbranched alkanes of at least 4 members (excludes halogenated alkanes) is 14. The minimum Gasteiger partial charge on any atom is -0.462 e. The molecule has 1 fully saturated rings. The summed E-state index contributed by atoms with van der Waals surface area (Å²) in [6.07, 6.45) is 26.7. The first-order valence-electron chi connectivity index (χ1n) is 17.5. The third-order valence-electron chi connectivity index (χ3n) is 9.04. The van der Waals surface area contributed by atoms with E-state index in [1.807, 2.05) is 0 Å². The molecule has 5 heteroatoms. The summed E-state index contributed by atoms with van der Waals surface area (Å²) in [6.45, 7) is 8.91. The van der Waals surface area contributed by atoms with Crippen LogP contribution in [0.15, 0.2) is 0 Å². The number of hydrogen-bond acceptors (Lipinski definition) is 5. The fraction of sp³-hybridized carbons (Fsp3) is 0.943. The number of carbonyl (C=O) groups is 2.